The first-order valence-electron chi connectivity index (χ1n) is 8.61. The molecule has 2 aromatic carbocycles. The standard InChI is InChI=1S/C20H22N2O4/c1-25-13-12-22(17-7-3-2-4-8-17)20(24)26-18-9-5-6-16(14-18)21-19(23)15-10-11-15/h2-9,14-15H,10-13H2,1H3,(H,21,23). The zero-order valence-corrected chi connectivity index (χ0v) is 14.7. The Morgan fingerprint density at radius 2 is 1.88 bits per heavy atom. The molecule has 0 bridgehead atoms. The molecule has 0 unspecified atom stereocenters. The molecule has 2 aromatic rings. The summed E-state index contributed by atoms with van der Waals surface area (Å²) < 4.78 is 10.6. The van der Waals surface area contributed by atoms with Gasteiger partial charge in [0.25, 0.3) is 0 Å². The Bertz CT molecular complexity index is 759. The summed E-state index contributed by atoms with van der Waals surface area (Å²) in [7, 11) is 1.58. The summed E-state index contributed by atoms with van der Waals surface area (Å²) in [4.78, 5) is 26.0. The first kappa shape index (κ1) is 17.9. The van der Waals surface area contributed by atoms with Crippen LogP contribution in [0.25, 0.3) is 0 Å². The average molecular weight is 354 g/mol. The number of hydrogen-bond donors (Lipinski definition) is 1. The van der Waals surface area contributed by atoms with Gasteiger partial charge in [-0.3, -0.25) is 9.69 Å². The zero-order valence-electron chi connectivity index (χ0n) is 14.7. The maximum absolute atomic E-state index is 12.6. The maximum atomic E-state index is 12.6. The Labute approximate surface area is 152 Å². The van der Waals surface area contributed by atoms with E-state index in [-0.39, 0.29) is 11.8 Å². The van der Waals surface area contributed by atoms with Crippen molar-refractivity contribution in [2.45, 2.75) is 12.8 Å². The molecule has 0 saturated heterocycles. The number of rotatable bonds is 7. The average Bonchev–Trinajstić information content (AvgIpc) is 3.48. The number of hydrogen-bond acceptors (Lipinski definition) is 4. The van der Waals surface area contributed by atoms with Crippen molar-refractivity contribution in [3.05, 3.63) is 54.6 Å². The lowest BCUT2D eigenvalue weighted by Gasteiger charge is -2.21. The van der Waals surface area contributed by atoms with E-state index in [1.54, 1.807) is 31.4 Å². The molecule has 1 aliphatic rings. The minimum Gasteiger partial charge on any atom is -0.410 e. The van der Waals surface area contributed by atoms with Gasteiger partial charge in [0, 0.05) is 30.5 Å². The molecule has 1 aliphatic carbocycles. The van der Waals surface area contributed by atoms with Gasteiger partial charge in [-0.15, -0.1) is 0 Å². The van der Waals surface area contributed by atoms with E-state index in [1.165, 1.54) is 4.90 Å². The summed E-state index contributed by atoms with van der Waals surface area (Å²) in [6.07, 6.45) is 1.37. The van der Waals surface area contributed by atoms with Crippen LogP contribution in [-0.4, -0.2) is 32.3 Å². The highest BCUT2D eigenvalue weighted by molar-refractivity contribution is 5.94. The fraction of sp³-hybridized carbons (Fsp3) is 0.300. The second-order valence-electron chi connectivity index (χ2n) is 6.14. The highest BCUT2D eigenvalue weighted by Crippen LogP contribution is 2.30. The van der Waals surface area contributed by atoms with Gasteiger partial charge in [0.15, 0.2) is 0 Å². The van der Waals surface area contributed by atoms with Crippen molar-refractivity contribution in [1.82, 2.24) is 0 Å². The van der Waals surface area contributed by atoms with Crippen molar-refractivity contribution >= 4 is 23.4 Å². The molecule has 1 fully saturated rings. The van der Waals surface area contributed by atoms with Gasteiger partial charge in [0.05, 0.1) is 13.2 Å². The van der Waals surface area contributed by atoms with Crippen LogP contribution in [0.1, 0.15) is 12.8 Å². The number of carbonyl (C=O) groups excluding carboxylic acids is 2. The van der Waals surface area contributed by atoms with Crippen LogP contribution < -0.4 is 15.0 Å². The van der Waals surface area contributed by atoms with E-state index in [4.69, 9.17) is 9.47 Å². The lowest BCUT2D eigenvalue weighted by molar-refractivity contribution is -0.117. The number of nitrogens with zero attached hydrogens (tertiary/aromatic N) is 1. The van der Waals surface area contributed by atoms with E-state index < -0.39 is 6.09 Å². The number of amides is 2. The van der Waals surface area contributed by atoms with Gasteiger partial charge < -0.3 is 14.8 Å². The summed E-state index contributed by atoms with van der Waals surface area (Å²) in [5.74, 6) is 0.505. The predicted molar refractivity (Wildman–Crippen MR) is 99.5 cm³/mol. The van der Waals surface area contributed by atoms with Crippen LogP contribution in [0.4, 0.5) is 16.2 Å². The molecule has 136 valence electrons. The van der Waals surface area contributed by atoms with Crippen LogP contribution in [0.15, 0.2) is 54.6 Å². The van der Waals surface area contributed by atoms with Gasteiger partial charge in [-0.2, -0.15) is 0 Å². The first-order chi connectivity index (χ1) is 12.7. The predicted octanol–water partition coefficient (Wildman–Crippen LogP) is 3.69. The van der Waals surface area contributed by atoms with Crippen LogP contribution in [0, 0.1) is 5.92 Å². The van der Waals surface area contributed by atoms with Gasteiger partial charge in [-0.05, 0) is 37.1 Å². The molecule has 0 spiro atoms. The van der Waals surface area contributed by atoms with Crippen molar-refractivity contribution in [2.75, 3.05) is 30.5 Å². The minimum atomic E-state index is -0.501. The highest BCUT2D eigenvalue weighted by Gasteiger charge is 2.29. The smallest absolute Gasteiger partial charge is 0.410 e. The third-order valence-electron chi connectivity index (χ3n) is 4.06. The largest absolute Gasteiger partial charge is 0.419 e. The van der Waals surface area contributed by atoms with Crippen LogP contribution >= 0.6 is 0 Å². The molecule has 0 atom stereocenters. The normalized spacial score (nSPS) is 13.1. The van der Waals surface area contributed by atoms with Crippen LogP contribution in [0.3, 0.4) is 0 Å². The molecule has 0 heterocycles. The van der Waals surface area contributed by atoms with Gasteiger partial charge in [-0.1, -0.05) is 24.3 Å². The topological polar surface area (TPSA) is 67.9 Å². The Balaban J connectivity index is 1.69. The lowest BCUT2D eigenvalue weighted by Crippen LogP contribution is -2.36. The SMILES string of the molecule is COCCN(C(=O)Oc1cccc(NC(=O)C2CC2)c1)c1ccccc1. The van der Waals surface area contributed by atoms with E-state index in [0.717, 1.165) is 18.5 Å². The fourth-order valence-electron chi connectivity index (χ4n) is 2.50. The number of methoxy groups -OCH3 is 1. The summed E-state index contributed by atoms with van der Waals surface area (Å²) in [6.45, 7) is 0.763. The zero-order chi connectivity index (χ0) is 18.4. The molecule has 3 rings (SSSR count). The molecular weight excluding hydrogens is 332 g/mol. The minimum absolute atomic E-state index is 0.0134. The molecule has 0 radical (unpaired) electrons. The van der Waals surface area contributed by atoms with E-state index in [2.05, 4.69) is 5.32 Å². The quantitative estimate of drug-likeness (QED) is 0.823. The Morgan fingerprint density at radius 3 is 2.58 bits per heavy atom. The number of para-hydroxylation sites is 1. The summed E-state index contributed by atoms with van der Waals surface area (Å²) in [5.41, 5.74) is 1.35. The van der Waals surface area contributed by atoms with E-state index >= 15 is 0 Å². The molecule has 0 aliphatic heterocycles. The number of nitrogens with one attached hydrogen (secondary N) is 1. The van der Waals surface area contributed by atoms with Gasteiger partial charge >= 0.3 is 6.09 Å². The summed E-state index contributed by atoms with van der Waals surface area (Å²) >= 11 is 0. The molecular formula is C20H22N2O4. The van der Waals surface area contributed by atoms with Crippen molar-refractivity contribution in [3.63, 3.8) is 0 Å². The van der Waals surface area contributed by atoms with Crippen LogP contribution in [0.2, 0.25) is 0 Å². The Morgan fingerprint density at radius 1 is 1.12 bits per heavy atom. The van der Waals surface area contributed by atoms with E-state index in [9.17, 15) is 9.59 Å². The molecule has 1 saturated carbocycles. The number of anilines is 2. The number of carbonyl (C=O) groups is 2. The third kappa shape index (κ3) is 4.83. The van der Waals surface area contributed by atoms with Gasteiger partial charge in [0.2, 0.25) is 5.91 Å². The molecule has 6 heteroatoms. The van der Waals surface area contributed by atoms with E-state index in [1.807, 2.05) is 30.3 Å². The molecule has 0 aromatic heterocycles. The van der Waals surface area contributed by atoms with E-state index in [0.29, 0.717) is 24.6 Å². The Hall–Kier alpha value is -2.86. The molecule has 1 N–H and O–H groups in total. The van der Waals surface area contributed by atoms with Crippen LogP contribution in [-0.2, 0) is 9.53 Å². The number of benzene rings is 2. The van der Waals surface area contributed by atoms with Crippen molar-refractivity contribution in [1.29, 1.82) is 0 Å². The maximum Gasteiger partial charge on any atom is 0.419 e. The summed E-state index contributed by atoms with van der Waals surface area (Å²) in [5, 5.41) is 2.85. The summed E-state index contributed by atoms with van der Waals surface area (Å²) in [6, 6.07) is 16.1. The molecule has 2 amide bonds. The van der Waals surface area contributed by atoms with Crippen LogP contribution in [0.5, 0.6) is 5.75 Å². The Kier molecular flexibility index (Phi) is 5.86. The number of ether oxygens (including phenoxy) is 2. The lowest BCUT2D eigenvalue weighted by atomic mass is 10.3. The first-order valence-corrected chi connectivity index (χ1v) is 8.61. The monoisotopic (exact) mass is 354 g/mol. The van der Waals surface area contributed by atoms with Crippen molar-refractivity contribution in [3.8, 4) is 5.75 Å². The highest BCUT2D eigenvalue weighted by atomic mass is 16.6. The van der Waals surface area contributed by atoms with Crippen molar-refractivity contribution in [2.24, 2.45) is 5.92 Å². The molecule has 6 nitrogen and oxygen atoms in total. The van der Waals surface area contributed by atoms with Gasteiger partial charge in [-0.25, -0.2) is 4.79 Å². The van der Waals surface area contributed by atoms with Crippen molar-refractivity contribution < 1.29 is 19.1 Å². The third-order valence-corrected chi connectivity index (χ3v) is 4.06. The fourth-order valence-corrected chi connectivity index (χ4v) is 2.50. The second kappa shape index (κ2) is 8.49. The second-order valence-corrected chi connectivity index (χ2v) is 6.14. The van der Waals surface area contributed by atoms with Gasteiger partial charge in [0.1, 0.15) is 5.75 Å². The molecule has 26 heavy (non-hydrogen) atoms.